The van der Waals surface area contributed by atoms with E-state index in [0.29, 0.717) is 25.1 Å². The third-order valence-corrected chi connectivity index (χ3v) is 2.43. The van der Waals surface area contributed by atoms with Crippen molar-refractivity contribution in [2.75, 3.05) is 6.54 Å². The summed E-state index contributed by atoms with van der Waals surface area (Å²) in [6, 6.07) is 9.24. The molecule has 0 heterocycles. The van der Waals surface area contributed by atoms with Crippen molar-refractivity contribution in [2.24, 2.45) is 5.73 Å². The number of rotatable bonds is 6. The molecule has 0 atom stereocenters. The number of hydrogen-bond acceptors (Lipinski definition) is 3. The Labute approximate surface area is 101 Å². The third kappa shape index (κ3) is 5.14. The quantitative estimate of drug-likeness (QED) is 0.724. The number of hydrogen-bond donors (Lipinski definition) is 2. The van der Waals surface area contributed by atoms with E-state index in [0.717, 1.165) is 18.4 Å². The number of amides is 1. The Morgan fingerprint density at radius 1 is 1.29 bits per heavy atom. The fourth-order valence-electron chi connectivity index (χ4n) is 1.42. The number of carbonyl (C=O) groups is 1. The van der Waals surface area contributed by atoms with E-state index in [1.807, 2.05) is 12.1 Å². The van der Waals surface area contributed by atoms with Crippen LogP contribution in [0.4, 0.5) is 0 Å². The second-order valence-electron chi connectivity index (χ2n) is 3.83. The van der Waals surface area contributed by atoms with Gasteiger partial charge in [0, 0.05) is 13.0 Å². The Bertz CT molecular complexity index is 392. The highest BCUT2D eigenvalue weighted by Gasteiger charge is 2.00. The average molecular weight is 231 g/mol. The first-order valence-electron chi connectivity index (χ1n) is 5.72. The Morgan fingerprint density at radius 2 is 2.00 bits per heavy atom. The number of nitrogens with one attached hydrogen (secondary N) is 1. The normalized spacial score (nSPS) is 9.65. The van der Waals surface area contributed by atoms with E-state index >= 15 is 0 Å². The van der Waals surface area contributed by atoms with Gasteiger partial charge < -0.3 is 11.1 Å². The van der Waals surface area contributed by atoms with Crippen molar-refractivity contribution in [3.05, 3.63) is 35.4 Å². The maximum absolute atomic E-state index is 11.4. The number of benzene rings is 1. The summed E-state index contributed by atoms with van der Waals surface area (Å²) in [4.78, 5) is 11.4. The van der Waals surface area contributed by atoms with Gasteiger partial charge in [0.25, 0.3) is 0 Å². The topological polar surface area (TPSA) is 78.9 Å². The molecule has 0 spiro atoms. The van der Waals surface area contributed by atoms with Crippen molar-refractivity contribution >= 4 is 5.91 Å². The van der Waals surface area contributed by atoms with Gasteiger partial charge in [0.1, 0.15) is 0 Å². The number of unbranched alkanes of at least 4 members (excludes halogenated alkanes) is 1. The number of nitrogens with two attached hydrogens (primary N) is 1. The minimum Gasteiger partial charge on any atom is -0.352 e. The lowest BCUT2D eigenvalue weighted by atomic mass is 10.1. The molecule has 0 aliphatic rings. The Morgan fingerprint density at radius 3 is 2.59 bits per heavy atom. The van der Waals surface area contributed by atoms with E-state index in [1.54, 1.807) is 12.1 Å². The fraction of sp³-hybridized carbons (Fsp3) is 0.385. The summed E-state index contributed by atoms with van der Waals surface area (Å²) in [5, 5.41) is 11.5. The molecule has 90 valence electrons. The van der Waals surface area contributed by atoms with Gasteiger partial charge in [0.2, 0.25) is 5.91 Å². The zero-order chi connectivity index (χ0) is 12.5. The predicted molar refractivity (Wildman–Crippen MR) is 65.9 cm³/mol. The van der Waals surface area contributed by atoms with Gasteiger partial charge in [0.15, 0.2) is 0 Å². The zero-order valence-electron chi connectivity index (χ0n) is 9.78. The molecule has 0 aliphatic heterocycles. The van der Waals surface area contributed by atoms with Crippen LogP contribution >= 0.6 is 0 Å². The van der Waals surface area contributed by atoms with E-state index in [1.165, 1.54) is 0 Å². The van der Waals surface area contributed by atoms with E-state index in [-0.39, 0.29) is 5.91 Å². The van der Waals surface area contributed by atoms with Crippen LogP contribution < -0.4 is 11.1 Å². The monoisotopic (exact) mass is 231 g/mol. The van der Waals surface area contributed by atoms with Crippen molar-refractivity contribution in [2.45, 2.75) is 25.8 Å². The van der Waals surface area contributed by atoms with Crippen LogP contribution in [0.2, 0.25) is 0 Å². The lowest BCUT2D eigenvalue weighted by molar-refractivity contribution is -0.121. The van der Waals surface area contributed by atoms with Crippen LogP contribution in [0.15, 0.2) is 24.3 Å². The molecule has 0 unspecified atom stereocenters. The summed E-state index contributed by atoms with van der Waals surface area (Å²) in [6.45, 7) is 1.13. The second kappa shape index (κ2) is 7.42. The van der Waals surface area contributed by atoms with Gasteiger partial charge in [-0.1, -0.05) is 12.1 Å². The van der Waals surface area contributed by atoms with Gasteiger partial charge in [-0.15, -0.1) is 0 Å². The summed E-state index contributed by atoms with van der Waals surface area (Å²) in [6.07, 6.45) is 2.23. The van der Waals surface area contributed by atoms with Crippen LogP contribution in [0.3, 0.4) is 0 Å². The van der Waals surface area contributed by atoms with Gasteiger partial charge in [-0.3, -0.25) is 4.79 Å². The molecule has 0 radical (unpaired) electrons. The Hall–Kier alpha value is -1.86. The van der Waals surface area contributed by atoms with Crippen LogP contribution in [-0.4, -0.2) is 12.5 Å². The van der Waals surface area contributed by atoms with Crippen LogP contribution in [-0.2, 0) is 11.3 Å². The minimum absolute atomic E-state index is 0.0443. The van der Waals surface area contributed by atoms with Crippen LogP contribution in [0.5, 0.6) is 0 Å². The lowest BCUT2D eigenvalue weighted by Gasteiger charge is -2.05. The highest BCUT2D eigenvalue weighted by atomic mass is 16.1. The third-order valence-electron chi connectivity index (χ3n) is 2.43. The molecule has 1 rings (SSSR count). The van der Waals surface area contributed by atoms with Gasteiger partial charge in [0.05, 0.1) is 11.6 Å². The van der Waals surface area contributed by atoms with E-state index < -0.39 is 0 Å². The molecular weight excluding hydrogens is 214 g/mol. The predicted octanol–water partition coefficient (Wildman–Crippen LogP) is 1.30. The average Bonchev–Trinajstić information content (AvgIpc) is 2.37. The van der Waals surface area contributed by atoms with Gasteiger partial charge >= 0.3 is 0 Å². The summed E-state index contributed by atoms with van der Waals surface area (Å²) >= 11 is 0. The molecule has 0 aliphatic carbocycles. The van der Waals surface area contributed by atoms with Crippen molar-refractivity contribution < 1.29 is 4.79 Å². The molecule has 0 saturated heterocycles. The molecular formula is C13H17N3O. The highest BCUT2D eigenvalue weighted by Crippen LogP contribution is 2.03. The first-order valence-corrected chi connectivity index (χ1v) is 5.72. The Balaban J connectivity index is 2.30. The van der Waals surface area contributed by atoms with E-state index in [9.17, 15) is 4.79 Å². The van der Waals surface area contributed by atoms with Crippen molar-refractivity contribution in [3.8, 4) is 6.07 Å². The van der Waals surface area contributed by atoms with Crippen LogP contribution in [0, 0.1) is 11.3 Å². The smallest absolute Gasteiger partial charge is 0.220 e. The molecule has 1 aromatic carbocycles. The first-order chi connectivity index (χ1) is 8.26. The molecule has 17 heavy (non-hydrogen) atoms. The van der Waals surface area contributed by atoms with Gasteiger partial charge in [-0.05, 0) is 37.1 Å². The Kier molecular flexibility index (Phi) is 5.76. The summed E-state index contributed by atoms with van der Waals surface area (Å²) in [7, 11) is 0. The summed E-state index contributed by atoms with van der Waals surface area (Å²) in [5.41, 5.74) is 6.97. The molecule has 0 fully saturated rings. The molecule has 4 heteroatoms. The fourth-order valence-corrected chi connectivity index (χ4v) is 1.42. The molecule has 1 aromatic rings. The minimum atomic E-state index is 0.0443. The van der Waals surface area contributed by atoms with Crippen LogP contribution in [0.1, 0.15) is 30.4 Å². The molecule has 1 amide bonds. The largest absolute Gasteiger partial charge is 0.352 e. The molecule has 0 bridgehead atoms. The van der Waals surface area contributed by atoms with Crippen molar-refractivity contribution in [1.29, 1.82) is 5.26 Å². The second-order valence-corrected chi connectivity index (χ2v) is 3.83. The van der Waals surface area contributed by atoms with E-state index in [2.05, 4.69) is 11.4 Å². The van der Waals surface area contributed by atoms with Gasteiger partial charge in [-0.2, -0.15) is 5.26 Å². The lowest BCUT2D eigenvalue weighted by Crippen LogP contribution is -2.22. The maximum atomic E-state index is 11.4. The molecule has 0 aromatic heterocycles. The number of nitriles is 1. The van der Waals surface area contributed by atoms with Crippen molar-refractivity contribution in [3.63, 3.8) is 0 Å². The number of carbonyl (C=O) groups excluding carboxylic acids is 1. The summed E-state index contributed by atoms with van der Waals surface area (Å²) in [5.74, 6) is 0.0443. The molecule has 0 saturated carbocycles. The standard InChI is InChI=1S/C13H17N3O/c14-8-2-1-3-13(17)16-10-12-6-4-11(9-15)5-7-12/h4-7H,1-3,8,10,14H2,(H,16,17). The maximum Gasteiger partial charge on any atom is 0.220 e. The number of nitrogens with zero attached hydrogens (tertiary/aromatic N) is 1. The first kappa shape index (κ1) is 13.2. The van der Waals surface area contributed by atoms with Crippen molar-refractivity contribution in [1.82, 2.24) is 5.32 Å². The highest BCUT2D eigenvalue weighted by molar-refractivity contribution is 5.75. The molecule has 4 nitrogen and oxygen atoms in total. The molecule has 3 N–H and O–H groups in total. The SMILES string of the molecule is N#Cc1ccc(CNC(=O)CCCCN)cc1. The zero-order valence-corrected chi connectivity index (χ0v) is 9.78. The van der Waals surface area contributed by atoms with Gasteiger partial charge in [-0.25, -0.2) is 0 Å². The van der Waals surface area contributed by atoms with E-state index in [4.69, 9.17) is 11.0 Å². The van der Waals surface area contributed by atoms with Crippen LogP contribution in [0.25, 0.3) is 0 Å². The summed E-state index contributed by atoms with van der Waals surface area (Å²) < 4.78 is 0.